The Hall–Kier alpha value is -2.40. The van der Waals surface area contributed by atoms with Crippen LogP contribution in [0.4, 0.5) is 0 Å². The van der Waals surface area contributed by atoms with Crippen LogP contribution in [0.2, 0.25) is 0 Å². The summed E-state index contributed by atoms with van der Waals surface area (Å²) >= 11 is 1.70. The van der Waals surface area contributed by atoms with Gasteiger partial charge in [-0.2, -0.15) is 0 Å². The van der Waals surface area contributed by atoms with Gasteiger partial charge in [-0.3, -0.25) is 4.40 Å². The van der Waals surface area contributed by atoms with Crippen LogP contribution in [0.25, 0.3) is 16.6 Å². The highest BCUT2D eigenvalue weighted by Gasteiger charge is 2.09. The summed E-state index contributed by atoms with van der Waals surface area (Å²) in [5.74, 6) is 0.857. The minimum Gasteiger partial charge on any atom is -0.497 e. The molecule has 0 fully saturated rings. The zero-order valence-corrected chi connectivity index (χ0v) is 12.2. The summed E-state index contributed by atoms with van der Waals surface area (Å²) in [6, 6.07) is 12.1. The number of ether oxygens (including phenoxy) is 1. The van der Waals surface area contributed by atoms with E-state index in [1.165, 1.54) is 10.3 Å². The minimum atomic E-state index is 0.857. The zero-order chi connectivity index (χ0) is 14.2. The lowest BCUT2D eigenvalue weighted by Gasteiger charge is -2.01. The van der Waals surface area contributed by atoms with Gasteiger partial charge in [0.2, 0.25) is 0 Å². The normalized spacial score (nSPS) is 11.3. The predicted molar refractivity (Wildman–Crippen MR) is 84.2 cm³/mol. The molecule has 5 heteroatoms. The van der Waals surface area contributed by atoms with Crippen LogP contribution in [0.5, 0.6) is 5.75 Å². The molecule has 3 heterocycles. The maximum absolute atomic E-state index is 5.25. The summed E-state index contributed by atoms with van der Waals surface area (Å²) in [6.07, 6.45) is 5.96. The van der Waals surface area contributed by atoms with Gasteiger partial charge in [0, 0.05) is 28.7 Å². The van der Waals surface area contributed by atoms with E-state index in [-0.39, 0.29) is 0 Å². The molecule has 3 aromatic heterocycles. The van der Waals surface area contributed by atoms with E-state index in [4.69, 9.17) is 4.74 Å². The molecule has 4 aromatic rings. The molecule has 4 nitrogen and oxygen atoms in total. The van der Waals surface area contributed by atoms with Crippen LogP contribution >= 0.6 is 11.8 Å². The third-order valence-corrected chi connectivity index (χ3v) is 4.52. The number of rotatable bonds is 3. The van der Waals surface area contributed by atoms with Gasteiger partial charge in [-0.05, 0) is 24.3 Å². The first-order valence-electron chi connectivity index (χ1n) is 6.60. The number of nitrogens with zero attached hydrogens (tertiary/aromatic N) is 2. The maximum atomic E-state index is 5.25. The third kappa shape index (κ3) is 2.06. The summed E-state index contributed by atoms with van der Waals surface area (Å²) in [7, 11) is 1.68. The van der Waals surface area contributed by atoms with Crippen LogP contribution < -0.4 is 4.74 Å². The van der Waals surface area contributed by atoms with E-state index in [9.17, 15) is 0 Å². The Kier molecular flexibility index (Phi) is 2.86. The number of pyridine rings is 1. The second kappa shape index (κ2) is 4.86. The molecule has 0 bridgehead atoms. The first-order chi connectivity index (χ1) is 10.3. The molecule has 104 valence electrons. The SMILES string of the molecule is COc1ccc2c(Sc3cnc4ccccn34)c[nH]c2c1. The molecule has 21 heavy (non-hydrogen) atoms. The fourth-order valence-electron chi connectivity index (χ4n) is 2.39. The van der Waals surface area contributed by atoms with E-state index in [2.05, 4.69) is 20.4 Å². The van der Waals surface area contributed by atoms with E-state index >= 15 is 0 Å². The Labute approximate surface area is 125 Å². The first kappa shape index (κ1) is 12.3. The highest BCUT2D eigenvalue weighted by atomic mass is 32.2. The van der Waals surface area contributed by atoms with Crippen LogP contribution in [-0.2, 0) is 0 Å². The monoisotopic (exact) mass is 295 g/mol. The van der Waals surface area contributed by atoms with Crippen LogP contribution in [0.3, 0.4) is 0 Å². The molecule has 0 aliphatic carbocycles. The lowest BCUT2D eigenvalue weighted by molar-refractivity contribution is 0.415. The van der Waals surface area contributed by atoms with Crippen molar-refractivity contribution in [2.75, 3.05) is 7.11 Å². The van der Waals surface area contributed by atoms with Crippen molar-refractivity contribution < 1.29 is 4.74 Å². The highest BCUT2D eigenvalue weighted by molar-refractivity contribution is 7.99. The molecule has 0 aliphatic rings. The van der Waals surface area contributed by atoms with Crippen LogP contribution in [-0.4, -0.2) is 21.5 Å². The van der Waals surface area contributed by atoms with Crippen LogP contribution in [0, 0.1) is 0 Å². The lowest BCUT2D eigenvalue weighted by atomic mass is 10.2. The number of hydrogen-bond donors (Lipinski definition) is 1. The number of methoxy groups -OCH3 is 1. The summed E-state index contributed by atoms with van der Waals surface area (Å²) in [4.78, 5) is 8.89. The molecule has 1 N–H and O–H groups in total. The van der Waals surface area contributed by atoms with Crippen molar-refractivity contribution >= 4 is 28.3 Å². The van der Waals surface area contributed by atoms with Crippen molar-refractivity contribution in [2.24, 2.45) is 0 Å². The fourth-order valence-corrected chi connectivity index (χ4v) is 3.38. The molecular weight excluding hydrogens is 282 g/mol. The Balaban J connectivity index is 1.77. The molecule has 0 saturated carbocycles. The highest BCUT2D eigenvalue weighted by Crippen LogP contribution is 2.35. The van der Waals surface area contributed by atoms with E-state index in [1.807, 2.05) is 48.9 Å². The number of aromatic nitrogens is 3. The molecule has 0 unspecified atom stereocenters. The number of imidazole rings is 1. The Bertz CT molecular complexity index is 925. The van der Waals surface area contributed by atoms with Gasteiger partial charge in [0.1, 0.15) is 16.4 Å². The summed E-state index contributed by atoms with van der Waals surface area (Å²) in [6.45, 7) is 0. The Morgan fingerprint density at radius 3 is 3.10 bits per heavy atom. The molecule has 0 saturated heterocycles. The second-order valence-corrected chi connectivity index (χ2v) is 5.75. The van der Waals surface area contributed by atoms with Crippen LogP contribution in [0.1, 0.15) is 0 Å². The van der Waals surface area contributed by atoms with Crippen molar-refractivity contribution in [3.05, 3.63) is 55.0 Å². The summed E-state index contributed by atoms with van der Waals surface area (Å²) in [5, 5.41) is 2.29. The minimum absolute atomic E-state index is 0.857. The first-order valence-corrected chi connectivity index (χ1v) is 7.42. The lowest BCUT2D eigenvalue weighted by Crippen LogP contribution is -1.84. The smallest absolute Gasteiger partial charge is 0.137 e. The molecule has 0 spiro atoms. The molecular formula is C16H13N3OS. The predicted octanol–water partition coefficient (Wildman–Crippen LogP) is 3.98. The van der Waals surface area contributed by atoms with Gasteiger partial charge in [-0.1, -0.05) is 17.8 Å². The zero-order valence-electron chi connectivity index (χ0n) is 11.4. The number of hydrogen-bond acceptors (Lipinski definition) is 3. The fraction of sp³-hybridized carbons (Fsp3) is 0.0625. The van der Waals surface area contributed by atoms with Gasteiger partial charge < -0.3 is 9.72 Å². The van der Waals surface area contributed by atoms with E-state index in [1.54, 1.807) is 18.9 Å². The van der Waals surface area contributed by atoms with E-state index in [0.29, 0.717) is 0 Å². The van der Waals surface area contributed by atoms with E-state index in [0.717, 1.165) is 21.9 Å². The summed E-state index contributed by atoms with van der Waals surface area (Å²) in [5.41, 5.74) is 2.03. The van der Waals surface area contributed by atoms with Gasteiger partial charge >= 0.3 is 0 Å². The number of nitrogens with one attached hydrogen (secondary N) is 1. The van der Waals surface area contributed by atoms with Gasteiger partial charge in [0.25, 0.3) is 0 Å². The third-order valence-electron chi connectivity index (χ3n) is 3.45. The van der Waals surface area contributed by atoms with Gasteiger partial charge in [0.05, 0.1) is 18.8 Å². The van der Waals surface area contributed by atoms with E-state index < -0.39 is 0 Å². The number of fused-ring (bicyclic) bond motifs is 2. The molecule has 0 radical (unpaired) electrons. The number of aromatic amines is 1. The molecule has 4 rings (SSSR count). The van der Waals surface area contributed by atoms with Crippen molar-refractivity contribution in [3.8, 4) is 5.75 Å². The van der Waals surface area contributed by atoms with Crippen LogP contribution in [0.15, 0.2) is 64.9 Å². The van der Waals surface area contributed by atoms with Crippen molar-refractivity contribution in [1.82, 2.24) is 14.4 Å². The molecule has 0 atom stereocenters. The summed E-state index contributed by atoms with van der Waals surface area (Å²) < 4.78 is 7.34. The Morgan fingerprint density at radius 1 is 1.24 bits per heavy atom. The number of benzene rings is 1. The maximum Gasteiger partial charge on any atom is 0.137 e. The van der Waals surface area contributed by atoms with Crippen molar-refractivity contribution in [2.45, 2.75) is 9.92 Å². The molecule has 0 aliphatic heterocycles. The largest absolute Gasteiger partial charge is 0.497 e. The van der Waals surface area contributed by atoms with Gasteiger partial charge in [0.15, 0.2) is 0 Å². The topological polar surface area (TPSA) is 42.3 Å². The van der Waals surface area contributed by atoms with Crippen molar-refractivity contribution in [1.29, 1.82) is 0 Å². The quantitative estimate of drug-likeness (QED) is 0.621. The molecule has 1 aromatic carbocycles. The van der Waals surface area contributed by atoms with Gasteiger partial charge in [-0.25, -0.2) is 4.98 Å². The van der Waals surface area contributed by atoms with Crippen molar-refractivity contribution in [3.63, 3.8) is 0 Å². The average molecular weight is 295 g/mol. The van der Waals surface area contributed by atoms with Gasteiger partial charge in [-0.15, -0.1) is 0 Å². The number of H-pyrrole nitrogens is 1. The Morgan fingerprint density at radius 2 is 2.19 bits per heavy atom. The average Bonchev–Trinajstić information content (AvgIpc) is 3.12. The molecule has 0 amide bonds. The second-order valence-electron chi connectivity index (χ2n) is 4.69. The standard InChI is InChI=1S/C16H13N3OS/c1-20-11-5-6-12-13(8-11)17-9-14(12)21-16-10-18-15-4-2-3-7-19(15)16/h2-10,17H,1H3.